The maximum Gasteiger partial charge on any atom is 0.227 e. The van der Waals surface area contributed by atoms with Crippen LogP contribution in [0.15, 0.2) is 54.6 Å². The molecule has 0 spiro atoms. The third-order valence-electron chi connectivity index (χ3n) is 3.53. The second kappa shape index (κ2) is 7.84. The van der Waals surface area contributed by atoms with Crippen LogP contribution in [0.4, 0.5) is 0 Å². The summed E-state index contributed by atoms with van der Waals surface area (Å²) in [6.45, 7) is 3.21. The van der Waals surface area contributed by atoms with Crippen molar-refractivity contribution in [2.24, 2.45) is 0 Å². The van der Waals surface area contributed by atoms with Crippen LogP contribution >= 0.6 is 11.6 Å². The Morgan fingerprint density at radius 2 is 1.71 bits per heavy atom. The third-order valence-corrected chi connectivity index (χ3v) is 3.70. The van der Waals surface area contributed by atoms with Gasteiger partial charge in [-0.15, -0.1) is 11.6 Å². The van der Waals surface area contributed by atoms with Crippen molar-refractivity contribution in [3.8, 4) is 0 Å². The van der Waals surface area contributed by atoms with Crippen LogP contribution in [-0.4, -0.2) is 23.2 Å². The van der Waals surface area contributed by atoms with Gasteiger partial charge >= 0.3 is 0 Å². The lowest BCUT2D eigenvalue weighted by Gasteiger charge is -2.22. The number of halogens is 1. The molecule has 0 fully saturated rings. The smallest absolute Gasteiger partial charge is 0.227 e. The molecule has 110 valence electrons. The molecule has 0 aliphatic carbocycles. The lowest BCUT2D eigenvalue weighted by atomic mass is 10.1. The van der Waals surface area contributed by atoms with Gasteiger partial charge in [0.25, 0.3) is 0 Å². The summed E-state index contributed by atoms with van der Waals surface area (Å²) < 4.78 is 0. The Hall–Kier alpha value is -1.80. The number of hydrogen-bond acceptors (Lipinski definition) is 1. The van der Waals surface area contributed by atoms with E-state index in [-0.39, 0.29) is 5.91 Å². The molecule has 2 aromatic rings. The summed E-state index contributed by atoms with van der Waals surface area (Å²) in [6.07, 6.45) is 0.427. The zero-order chi connectivity index (χ0) is 15.1. The van der Waals surface area contributed by atoms with Gasteiger partial charge in [-0.05, 0) is 23.6 Å². The van der Waals surface area contributed by atoms with Crippen LogP contribution in [0.25, 0.3) is 0 Å². The predicted molar refractivity (Wildman–Crippen MR) is 87.5 cm³/mol. The predicted octanol–water partition coefficient (Wildman–Crippen LogP) is 3.81. The molecule has 0 unspecified atom stereocenters. The van der Waals surface area contributed by atoms with Crippen LogP contribution < -0.4 is 0 Å². The van der Waals surface area contributed by atoms with E-state index in [1.807, 2.05) is 66.4 Å². The Bertz CT molecular complexity index is 583. The number of nitrogens with zero attached hydrogens (tertiary/aromatic N) is 1. The Balaban J connectivity index is 2.07. The molecular formula is C18H20ClNO. The van der Waals surface area contributed by atoms with Crippen molar-refractivity contribution in [3.63, 3.8) is 0 Å². The van der Waals surface area contributed by atoms with Gasteiger partial charge in [0.1, 0.15) is 0 Å². The second-order valence-electron chi connectivity index (χ2n) is 5.09. The van der Waals surface area contributed by atoms with E-state index < -0.39 is 0 Å². The molecule has 0 atom stereocenters. The first kappa shape index (κ1) is 15.6. The average Bonchev–Trinajstić information content (AvgIpc) is 2.50. The van der Waals surface area contributed by atoms with Gasteiger partial charge in [0.15, 0.2) is 0 Å². The van der Waals surface area contributed by atoms with Gasteiger partial charge in [-0.25, -0.2) is 0 Å². The number of benzene rings is 2. The second-order valence-corrected chi connectivity index (χ2v) is 5.47. The van der Waals surface area contributed by atoms with Crippen LogP contribution in [0.1, 0.15) is 16.7 Å². The molecule has 0 N–H and O–H groups in total. The quantitative estimate of drug-likeness (QED) is 0.743. The number of carbonyl (C=O) groups excluding carboxylic acids is 1. The molecule has 0 saturated heterocycles. The van der Waals surface area contributed by atoms with Crippen LogP contribution in [0.5, 0.6) is 0 Å². The van der Waals surface area contributed by atoms with Gasteiger partial charge in [0.2, 0.25) is 5.91 Å². The van der Waals surface area contributed by atoms with Crippen molar-refractivity contribution in [2.75, 3.05) is 12.4 Å². The average molecular weight is 302 g/mol. The van der Waals surface area contributed by atoms with Crippen LogP contribution in [0.3, 0.4) is 0 Å². The molecule has 0 bridgehead atoms. The zero-order valence-corrected chi connectivity index (χ0v) is 13.0. The minimum atomic E-state index is 0.119. The van der Waals surface area contributed by atoms with E-state index in [1.54, 1.807) is 0 Å². The van der Waals surface area contributed by atoms with E-state index in [9.17, 15) is 4.79 Å². The van der Waals surface area contributed by atoms with Gasteiger partial charge in [-0.2, -0.15) is 0 Å². The Kier molecular flexibility index (Phi) is 5.82. The highest BCUT2D eigenvalue weighted by Gasteiger charge is 2.14. The minimum Gasteiger partial charge on any atom is -0.337 e. The summed E-state index contributed by atoms with van der Waals surface area (Å²) in [5.41, 5.74) is 3.35. The Morgan fingerprint density at radius 3 is 2.38 bits per heavy atom. The number of amides is 1. The molecule has 0 aliphatic rings. The number of alkyl halides is 1. The van der Waals surface area contributed by atoms with E-state index in [4.69, 9.17) is 11.6 Å². The minimum absolute atomic E-state index is 0.119. The monoisotopic (exact) mass is 301 g/mol. The first-order valence-corrected chi connectivity index (χ1v) is 7.66. The standard InChI is InChI=1S/C18H20ClNO/c1-15-7-5-6-10-17(15)13-18(21)20(12-11-19)14-16-8-3-2-4-9-16/h2-10H,11-14H2,1H3. The van der Waals surface area contributed by atoms with Crippen LogP contribution in [0, 0.1) is 6.92 Å². The van der Waals surface area contributed by atoms with Gasteiger partial charge in [0.05, 0.1) is 6.42 Å². The van der Waals surface area contributed by atoms with Crippen molar-refractivity contribution in [1.82, 2.24) is 4.90 Å². The molecule has 1 amide bonds. The van der Waals surface area contributed by atoms with E-state index in [0.29, 0.717) is 25.4 Å². The molecule has 21 heavy (non-hydrogen) atoms. The first-order valence-electron chi connectivity index (χ1n) is 7.13. The van der Waals surface area contributed by atoms with Gasteiger partial charge in [0, 0.05) is 19.0 Å². The summed E-state index contributed by atoms with van der Waals surface area (Å²) >= 11 is 5.85. The summed E-state index contributed by atoms with van der Waals surface area (Å²) in [6, 6.07) is 18.0. The number of rotatable bonds is 6. The molecule has 0 heterocycles. The van der Waals surface area contributed by atoms with E-state index in [1.165, 1.54) is 0 Å². The molecule has 0 saturated carbocycles. The number of carbonyl (C=O) groups is 1. The van der Waals surface area contributed by atoms with Gasteiger partial charge < -0.3 is 4.90 Å². The molecule has 0 aromatic heterocycles. The summed E-state index contributed by atoms with van der Waals surface area (Å²) in [5.74, 6) is 0.570. The summed E-state index contributed by atoms with van der Waals surface area (Å²) in [7, 11) is 0. The van der Waals surface area contributed by atoms with E-state index in [2.05, 4.69) is 0 Å². The molecule has 0 aliphatic heterocycles. The van der Waals surface area contributed by atoms with Gasteiger partial charge in [-0.1, -0.05) is 54.6 Å². The fourth-order valence-corrected chi connectivity index (χ4v) is 2.48. The third kappa shape index (κ3) is 4.61. The topological polar surface area (TPSA) is 20.3 Å². The fraction of sp³-hybridized carbons (Fsp3) is 0.278. The lowest BCUT2D eigenvalue weighted by molar-refractivity contribution is -0.130. The zero-order valence-electron chi connectivity index (χ0n) is 12.3. The molecular weight excluding hydrogens is 282 g/mol. The normalized spacial score (nSPS) is 10.4. The van der Waals surface area contributed by atoms with E-state index >= 15 is 0 Å². The lowest BCUT2D eigenvalue weighted by Crippen LogP contribution is -2.33. The van der Waals surface area contributed by atoms with Crippen LogP contribution in [-0.2, 0) is 17.8 Å². The summed E-state index contributed by atoms with van der Waals surface area (Å²) in [5, 5.41) is 0. The van der Waals surface area contributed by atoms with Crippen molar-refractivity contribution >= 4 is 17.5 Å². The van der Waals surface area contributed by atoms with E-state index in [0.717, 1.165) is 16.7 Å². The van der Waals surface area contributed by atoms with Crippen molar-refractivity contribution in [3.05, 3.63) is 71.3 Å². The molecule has 2 rings (SSSR count). The molecule has 2 nitrogen and oxygen atoms in total. The maximum atomic E-state index is 12.5. The summed E-state index contributed by atoms with van der Waals surface area (Å²) in [4.78, 5) is 14.4. The Labute approximate surface area is 131 Å². The van der Waals surface area contributed by atoms with Crippen LogP contribution in [0.2, 0.25) is 0 Å². The van der Waals surface area contributed by atoms with Crippen molar-refractivity contribution < 1.29 is 4.79 Å². The molecule has 2 aromatic carbocycles. The van der Waals surface area contributed by atoms with Crippen molar-refractivity contribution in [2.45, 2.75) is 19.9 Å². The molecule has 0 radical (unpaired) electrons. The Morgan fingerprint density at radius 1 is 1.05 bits per heavy atom. The highest BCUT2D eigenvalue weighted by molar-refractivity contribution is 6.18. The van der Waals surface area contributed by atoms with Crippen molar-refractivity contribution in [1.29, 1.82) is 0 Å². The highest BCUT2D eigenvalue weighted by atomic mass is 35.5. The largest absolute Gasteiger partial charge is 0.337 e. The first-order chi connectivity index (χ1) is 10.2. The molecule has 3 heteroatoms. The van der Waals surface area contributed by atoms with Gasteiger partial charge in [-0.3, -0.25) is 4.79 Å². The fourth-order valence-electron chi connectivity index (χ4n) is 2.28. The highest BCUT2D eigenvalue weighted by Crippen LogP contribution is 2.11. The SMILES string of the molecule is Cc1ccccc1CC(=O)N(CCCl)Cc1ccccc1. The number of aryl methyl sites for hydroxylation is 1. The maximum absolute atomic E-state index is 12.5. The number of hydrogen-bond donors (Lipinski definition) is 0.